The van der Waals surface area contributed by atoms with Crippen LogP contribution in [0.15, 0.2) is 18.2 Å². The molecule has 1 unspecified atom stereocenters. The number of benzene rings is 1. The van der Waals surface area contributed by atoms with Crippen LogP contribution in [0.4, 0.5) is 5.69 Å². The number of rotatable bonds is 3. The molecule has 0 aliphatic carbocycles. The topological polar surface area (TPSA) is 83.6 Å². The molecular formula is C15H20N2O3. The van der Waals surface area contributed by atoms with Gasteiger partial charge in [-0.25, -0.2) is 4.79 Å². The number of hydrogen-bond acceptors (Lipinski definition) is 3. The van der Waals surface area contributed by atoms with Gasteiger partial charge in [0.2, 0.25) is 5.91 Å². The predicted molar refractivity (Wildman–Crippen MR) is 76.9 cm³/mol. The zero-order chi connectivity index (χ0) is 14.9. The Bertz CT molecular complexity index is 540. The van der Waals surface area contributed by atoms with Crippen LogP contribution in [0.3, 0.4) is 0 Å². The van der Waals surface area contributed by atoms with Crippen molar-refractivity contribution in [1.29, 1.82) is 0 Å². The van der Waals surface area contributed by atoms with Crippen molar-refractivity contribution in [3.63, 3.8) is 0 Å². The third-order valence-corrected chi connectivity index (χ3v) is 3.75. The van der Waals surface area contributed by atoms with Crippen LogP contribution in [0, 0.1) is 5.92 Å². The summed E-state index contributed by atoms with van der Waals surface area (Å²) < 4.78 is 0. The summed E-state index contributed by atoms with van der Waals surface area (Å²) >= 11 is 0. The number of nitrogens with two attached hydrogens (primary N) is 1. The van der Waals surface area contributed by atoms with Crippen molar-refractivity contribution < 1.29 is 14.7 Å². The molecule has 1 heterocycles. The van der Waals surface area contributed by atoms with E-state index in [0.717, 1.165) is 12.0 Å². The average Bonchev–Trinajstić information content (AvgIpc) is 2.44. The number of hydrogen-bond donors (Lipinski definition) is 2. The molecule has 0 saturated carbocycles. The maximum absolute atomic E-state index is 12.4. The first-order valence-electron chi connectivity index (χ1n) is 6.85. The maximum Gasteiger partial charge on any atom is 0.336 e. The van der Waals surface area contributed by atoms with E-state index in [1.165, 1.54) is 0 Å². The zero-order valence-electron chi connectivity index (χ0n) is 11.8. The minimum atomic E-state index is -0.954. The molecule has 0 radical (unpaired) electrons. The van der Waals surface area contributed by atoms with E-state index in [4.69, 9.17) is 5.73 Å². The Morgan fingerprint density at radius 3 is 2.65 bits per heavy atom. The van der Waals surface area contributed by atoms with Crippen molar-refractivity contribution in [1.82, 2.24) is 0 Å². The number of carbonyl (C=O) groups excluding carboxylic acids is 1. The van der Waals surface area contributed by atoms with E-state index < -0.39 is 12.0 Å². The molecule has 108 valence electrons. The van der Waals surface area contributed by atoms with Crippen LogP contribution >= 0.6 is 0 Å². The summed E-state index contributed by atoms with van der Waals surface area (Å²) in [4.78, 5) is 25.3. The second-order valence-electron chi connectivity index (χ2n) is 5.47. The third-order valence-electron chi connectivity index (χ3n) is 3.75. The Morgan fingerprint density at radius 1 is 1.35 bits per heavy atom. The van der Waals surface area contributed by atoms with Gasteiger partial charge in [0.25, 0.3) is 0 Å². The van der Waals surface area contributed by atoms with E-state index in [0.29, 0.717) is 18.7 Å². The number of fused-ring (bicyclic) bond motifs is 1. The van der Waals surface area contributed by atoms with E-state index in [-0.39, 0.29) is 17.4 Å². The van der Waals surface area contributed by atoms with Crippen LogP contribution in [0.5, 0.6) is 0 Å². The highest BCUT2D eigenvalue weighted by atomic mass is 16.4. The first-order valence-corrected chi connectivity index (χ1v) is 6.85. The van der Waals surface area contributed by atoms with Crippen LogP contribution in [0.1, 0.15) is 36.2 Å². The molecule has 20 heavy (non-hydrogen) atoms. The molecule has 1 aliphatic heterocycles. The Hall–Kier alpha value is -1.88. The summed E-state index contributed by atoms with van der Waals surface area (Å²) in [5.41, 5.74) is 7.64. The number of carboxylic acids is 1. The van der Waals surface area contributed by atoms with Gasteiger partial charge in [0.1, 0.15) is 0 Å². The highest BCUT2D eigenvalue weighted by molar-refractivity contribution is 6.00. The van der Waals surface area contributed by atoms with Crippen molar-refractivity contribution in [2.24, 2.45) is 11.7 Å². The zero-order valence-corrected chi connectivity index (χ0v) is 11.8. The fraction of sp³-hybridized carbons (Fsp3) is 0.467. The molecule has 5 nitrogen and oxygen atoms in total. The molecule has 5 heteroatoms. The van der Waals surface area contributed by atoms with E-state index in [1.807, 2.05) is 13.8 Å². The molecule has 3 N–H and O–H groups in total. The molecule has 1 amide bonds. The van der Waals surface area contributed by atoms with E-state index >= 15 is 0 Å². The van der Waals surface area contributed by atoms with Crippen molar-refractivity contribution >= 4 is 17.6 Å². The van der Waals surface area contributed by atoms with Crippen molar-refractivity contribution in [3.8, 4) is 0 Å². The largest absolute Gasteiger partial charge is 0.478 e. The number of amides is 1. The minimum Gasteiger partial charge on any atom is -0.478 e. The van der Waals surface area contributed by atoms with Gasteiger partial charge in [-0.15, -0.1) is 0 Å². The second kappa shape index (κ2) is 5.63. The SMILES string of the molecule is CC(C)C(N)C(=O)N1CCCc2c(C(=O)O)cccc21. The molecule has 1 aromatic rings. The predicted octanol–water partition coefficient (Wildman–Crippen LogP) is 1.65. The monoisotopic (exact) mass is 276 g/mol. The number of carboxylic acid groups (broad SMARTS) is 1. The smallest absolute Gasteiger partial charge is 0.336 e. The Morgan fingerprint density at radius 2 is 2.05 bits per heavy atom. The Labute approximate surface area is 118 Å². The lowest BCUT2D eigenvalue weighted by Crippen LogP contribution is -2.48. The minimum absolute atomic E-state index is 0.0514. The van der Waals surface area contributed by atoms with Crippen LogP contribution in [0.2, 0.25) is 0 Å². The third kappa shape index (κ3) is 2.54. The first kappa shape index (κ1) is 14.5. The number of carbonyl (C=O) groups is 2. The molecular weight excluding hydrogens is 256 g/mol. The molecule has 1 aliphatic rings. The van der Waals surface area contributed by atoms with Gasteiger partial charge in [-0.1, -0.05) is 19.9 Å². The molecule has 0 fully saturated rings. The molecule has 0 bridgehead atoms. The summed E-state index contributed by atoms with van der Waals surface area (Å²) in [5, 5.41) is 9.23. The molecule has 1 atom stereocenters. The van der Waals surface area contributed by atoms with E-state index in [9.17, 15) is 14.7 Å². The quantitative estimate of drug-likeness (QED) is 0.879. The maximum atomic E-state index is 12.4. The van der Waals surface area contributed by atoms with Crippen molar-refractivity contribution in [2.75, 3.05) is 11.4 Å². The van der Waals surface area contributed by atoms with Crippen molar-refractivity contribution in [2.45, 2.75) is 32.7 Å². The van der Waals surface area contributed by atoms with Gasteiger partial charge in [0.05, 0.1) is 11.6 Å². The van der Waals surface area contributed by atoms with Gasteiger partial charge in [0.15, 0.2) is 0 Å². The number of nitrogens with zero attached hydrogens (tertiary/aromatic N) is 1. The second-order valence-corrected chi connectivity index (χ2v) is 5.47. The van der Waals surface area contributed by atoms with Gasteiger partial charge in [-0.3, -0.25) is 4.79 Å². The summed E-state index contributed by atoms with van der Waals surface area (Å²) in [6, 6.07) is 4.49. The summed E-state index contributed by atoms with van der Waals surface area (Å²) in [5.74, 6) is -1.04. The molecule has 0 spiro atoms. The molecule has 2 rings (SSSR count). The number of anilines is 1. The number of aromatic carboxylic acids is 1. The highest BCUT2D eigenvalue weighted by Crippen LogP contribution is 2.30. The lowest BCUT2D eigenvalue weighted by molar-refractivity contribution is -0.120. The van der Waals surface area contributed by atoms with E-state index in [2.05, 4.69) is 0 Å². The normalized spacial score (nSPS) is 15.9. The lowest BCUT2D eigenvalue weighted by atomic mass is 9.94. The fourth-order valence-electron chi connectivity index (χ4n) is 2.52. The Balaban J connectivity index is 2.41. The van der Waals surface area contributed by atoms with Crippen LogP contribution < -0.4 is 10.6 Å². The van der Waals surface area contributed by atoms with Crippen molar-refractivity contribution in [3.05, 3.63) is 29.3 Å². The Kier molecular flexibility index (Phi) is 4.09. The van der Waals surface area contributed by atoms with Gasteiger partial charge in [-0.2, -0.15) is 0 Å². The highest BCUT2D eigenvalue weighted by Gasteiger charge is 2.29. The lowest BCUT2D eigenvalue weighted by Gasteiger charge is -2.33. The van der Waals surface area contributed by atoms with Gasteiger partial charge >= 0.3 is 5.97 Å². The summed E-state index contributed by atoms with van der Waals surface area (Å²) in [6.45, 7) is 4.40. The molecule has 1 aromatic carbocycles. The van der Waals surface area contributed by atoms with Crippen LogP contribution in [-0.4, -0.2) is 29.6 Å². The van der Waals surface area contributed by atoms with Gasteiger partial charge < -0.3 is 15.7 Å². The molecule has 0 saturated heterocycles. The van der Waals surface area contributed by atoms with Crippen LogP contribution in [0.25, 0.3) is 0 Å². The fourth-order valence-corrected chi connectivity index (χ4v) is 2.52. The van der Waals surface area contributed by atoms with Crippen LogP contribution in [-0.2, 0) is 11.2 Å². The van der Waals surface area contributed by atoms with Gasteiger partial charge in [-0.05, 0) is 36.5 Å². The van der Waals surface area contributed by atoms with E-state index in [1.54, 1.807) is 23.1 Å². The summed E-state index contributed by atoms with van der Waals surface area (Å²) in [7, 11) is 0. The summed E-state index contributed by atoms with van der Waals surface area (Å²) in [6.07, 6.45) is 1.44. The first-order chi connectivity index (χ1) is 9.43. The molecule has 0 aromatic heterocycles. The average molecular weight is 276 g/mol. The van der Waals surface area contributed by atoms with Gasteiger partial charge in [0, 0.05) is 12.2 Å². The standard InChI is InChI=1S/C15H20N2O3/c1-9(2)13(16)14(18)17-8-4-6-10-11(15(19)20)5-3-7-12(10)17/h3,5,7,9,13H,4,6,8,16H2,1-2H3,(H,19,20).